The van der Waals surface area contributed by atoms with Crippen LogP contribution in [0.3, 0.4) is 0 Å². The summed E-state index contributed by atoms with van der Waals surface area (Å²) < 4.78 is 10.3. The Morgan fingerprint density at radius 2 is 2.05 bits per heavy atom. The van der Waals surface area contributed by atoms with E-state index >= 15 is 0 Å². The van der Waals surface area contributed by atoms with Crippen molar-refractivity contribution in [3.8, 4) is 5.75 Å². The Hall–Kier alpha value is -1.85. The maximum atomic E-state index is 5.25. The van der Waals surface area contributed by atoms with Gasteiger partial charge in [-0.25, -0.2) is 4.98 Å². The number of aromatic nitrogens is 1. The number of nitrogens with one attached hydrogen (secondary N) is 1. The van der Waals surface area contributed by atoms with Gasteiger partial charge >= 0.3 is 0 Å². The molecule has 5 heteroatoms. The molecule has 0 bridgehead atoms. The fourth-order valence-corrected chi connectivity index (χ4v) is 2.15. The maximum absolute atomic E-state index is 5.25. The molecule has 2 aromatic rings. The van der Waals surface area contributed by atoms with E-state index in [0.717, 1.165) is 48.6 Å². The van der Waals surface area contributed by atoms with Crippen molar-refractivity contribution >= 4 is 16.6 Å². The zero-order valence-electron chi connectivity index (χ0n) is 12.9. The SMILES string of the molecule is COCCN(C)CCNc1nccc2cc(OC)ccc12. The Labute approximate surface area is 125 Å². The molecule has 0 saturated carbocycles. The van der Waals surface area contributed by atoms with Crippen LogP contribution in [0.25, 0.3) is 10.8 Å². The summed E-state index contributed by atoms with van der Waals surface area (Å²) >= 11 is 0. The fourth-order valence-electron chi connectivity index (χ4n) is 2.15. The van der Waals surface area contributed by atoms with E-state index in [1.165, 1.54) is 0 Å². The standard InChI is InChI=1S/C16H23N3O2/c1-19(10-11-20-2)9-8-18-16-15-5-4-14(21-3)12-13(15)6-7-17-16/h4-7,12H,8-11H2,1-3H3,(H,17,18). The predicted octanol–water partition coefficient (Wildman–Crippen LogP) is 2.23. The second-order valence-corrected chi connectivity index (χ2v) is 4.97. The highest BCUT2D eigenvalue weighted by Gasteiger charge is 2.04. The molecule has 1 aromatic heterocycles. The van der Waals surface area contributed by atoms with Crippen molar-refractivity contribution in [2.24, 2.45) is 0 Å². The molecule has 114 valence electrons. The molecule has 0 atom stereocenters. The summed E-state index contributed by atoms with van der Waals surface area (Å²) in [5, 5.41) is 5.63. The van der Waals surface area contributed by atoms with Crippen LogP contribution in [0.4, 0.5) is 5.82 Å². The summed E-state index contributed by atoms with van der Waals surface area (Å²) in [6.07, 6.45) is 1.82. The predicted molar refractivity (Wildman–Crippen MR) is 86.2 cm³/mol. The second kappa shape index (κ2) is 7.81. The van der Waals surface area contributed by atoms with Crippen molar-refractivity contribution in [2.75, 3.05) is 52.8 Å². The normalized spacial score (nSPS) is 11.0. The molecule has 5 nitrogen and oxygen atoms in total. The molecule has 21 heavy (non-hydrogen) atoms. The second-order valence-electron chi connectivity index (χ2n) is 4.97. The van der Waals surface area contributed by atoms with E-state index in [4.69, 9.17) is 9.47 Å². The summed E-state index contributed by atoms with van der Waals surface area (Å²) in [6, 6.07) is 8.01. The van der Waals surface area contributed by atoms with E-state index < -0.39 is 0 Å². The van der Waals surface area contributed by atoms with Gasteiger partial charge in [-0.3, -0.25) is 0 Å². The molecule has 0 unspecified atom stereocenters. The number of fused-ring (bicyclic) bond motifs is 1. The molecule has 0 radical (unpaired) electrons. The Kier molecular flexibility index (Phi) is 5.78. The molecule has 0 amide bonds. The Morgan fingerprint density at radius 1 is 1.19 bits per heavy atom. The summed E-state index contributed by atoms with van der Waals surface area (Å²) in [4.78, 5) is 6.65. The average molecular weight is 289 g/mol. The zero-order chi connectivity index (χ0) is 15.1. The fraction of sp³-hybridized carbons (Fsp3) is 0.438. The molecule has 0 aliphatic heterocycles. The van der Waals surface area contributed by atoms with Crippen LogP contribution in [0.5, 0.6) is 5.75 Å². The number of benzene rings is 1. The van der Waals surface area contributed by atoms with Crippen LogP contribution in [0, 0.1) is 0 Å². The molecule has 1 heterocycles. The number of ether oxygens (including phenoxy) is 2. The van der Waals surface area contributed by atoms with Gasteiger partial charge in [0.2, 0.25) is 0 Å². The molecule has 0 spiro atoms. The minimum atomic E-state index is 0.753. The van der Waals surface area contributed by atoms with Crippen LogP contribution < -0.4 is 10.1 Å². The van der Waals surface area contributed by atoms with Gasteiger partial charge in [0, 0.05) is 38.3 Å². The van der Waals surface area contributed by atoms with Gasteiger partial charge < -0.3 is 19.7 Å². The minimum absolute atomic E-state index is 0.753. The van der Waals surface area contributed by atoms with Crippen LogP contribution in [0.2, 0.25) is 0 Å². The first kappa shape index (κ1) is 15.5. The smallest absolute Gasteiger partial charge is 0.133 e. The van der Waals surface area contributed by atoms with Gasteiger partial charge in [-0.1, -0.05) is 0 Å². The van der Waals surface area contributed by atoms with E-state index in [0.29, 0.717) is 0 Å². The first-order valence-corrected chi connectivity index (χ1v) is 7.08. The average Bonchev–Trinajstić information content (AvgIpc) is 2.52. The number of likely N-dealkylation sites (N-methyl/N-ethyl adjacent to an activating group) is 1. The number of methoxy groups -OCH3 is 2. The Morgan fingerprint density at radius 3 is 2.81 bits per heavy atom. The highest BCUT2D eigenvalue weighted by atomic mass is 16.5. The monoisotopic (exact) mass is 289 g/mol. The van der Waals surface area contributed by atoms with Crippen molar-refractivity contribution in [3.63, 3.8) is 0 Å². The van der Waals surface area contributed by atoms with Crippen molar-refractivity contribution in [1.29, 1.82) is 0 Å². The van der Waals surface area contributed by atoms with Crippen molar-refractivity contribution < 1.29 is 9.47 Å². The van der Waals surface area contributed by atoms with Gasteiger partial charge in [0.1, 0.15) is 11.6 Å². The van der Waals surface area contributed by atoms with E-state index in [1.54, 1.807) is 14.2 Å². The number of anilines is 1. The van der Waals surface area contributed by atoms with E-state index in [9.17, 15) is 0 Å². The van der Waals surface area contributed by atoms with Crippen LogP contribution in [-0.4, -0.2) is 57.4 Å². The molecular weight excluding hydrogens is 266 g/mol. The van der Waals surface area contributed by atoms with Gasteiger partial charge in [-0.05, 0) is 36.7 Å². The number of nitrogens with zero attached hydrogens (tertiary/aromatic N) is 2. The van der Waals surface area contributed by atoms with Crippen LogP contribution in [0.1, 0.15) is 0 Å². The third-order valence-electron chi connectivity index (χ3n) is 3.43. The van der Waals surface area contributed by atoms with Gasteiger partial charge in [0.25, 0.3) is 0 Å². The molecule has 0 aliphatic rings. The summed E-state index contributed by atoms with van der Waals surface area (Å²) in [5.41, 5.74) is 0. The first-order valence-electron chi connectivity index (χ1n) is 7.08. The highest BCUT2D eigenvalue weighted by molar-refractivity contribution is 5.92. The number of pyridine rings is 1. The lowest BCUT2D eigenvalue weighted by Crippen LogP contribution is -2.28. The third kappa shape index (κ3) is 4.31. The molecule has 0 aliphatic carbocycles. The molecule has 0 fully saturated rings. The zero-order valence-corrected chi connectivity index (χ0v) is 12.9. The van der Waals surface area contributed by atoms with Crippen LogP contribution in [0.15, 0.2) is 30.5 Å². The molecule has 1 N–H and O–H groups in total. The minimum Gasteiger partial charge on any atom is -0.497 e. The lowest BCUT2D eigenvalue weighted by molar-refractivity contribution is 0.163. The van der Waals surface area contributed by atoms with Gasteiger partial charge in [-0.15, -0.1) is 0 Å². The topological polar surface area (TPSA) is 46.6 Å². The first-order chi connectivity index (χ1) is 10.2. The quantitative estimate of drug-likeness (QED) is 0.807. The van der Waals surface area contributed by atoms with Gasteiger partial charge in [0.05, 0.1) is 13.7 Å². The Bertz CT molecular complexity index is 574. The third-order valence-corrected chi connectivity index (χ3v) is 3.43. The largest absolute Gasteiger partial charge is 0.497 e. The summed E-state index contributed by atoms with van der Waals surface area (Å²) in [6.45, 7) is 3.47. The van der Waals surface area contributed by atoms with Gasteiger partial charge in [0.15, 0.2) is 0 Å². The molecular formula is C16H23N3O2. The van der Waals surface area contributed by atoms with Crippen molar-refractivity contribution in [1.82, 2.24) is 9.88 Å². The Balaban J connectivity index is 1.99. The van der Waals surface area contributed by atoms with Crippen molar-refractivity contribution in [2.45, 2.75) is 0 Å². The van der Waals surface area contributed by atoms with E-state index in [2.05, 4.69) is 22.2 Å². The number of hydrogen-bond donors (Lipinski definition) is 1. The lowest BCUT2D eigenvalue weighted by Gasteiger charge is -2.17. The summed E-state index contributed by atoms with van der Waals surface area (Å²) in [5.74, 6) is 1.77. The highest BCUT2D eigenvalue weighted by Crippen LogP contribution is 2.25. The lowest BCUT2D eigenvalue weighted by atomic mass is 10.1. The number of rotatable bonds is 8. The van der Waals surface area contributed by atoms with Crippen LogP contribution >= 0.6 is 0 Å². The molecule has 0 saturated heterocycles. The molecule has 1 aromatic carbocycles. The summed E-state index contributed by atoms with van der Waals surface area (Å²) in [7, 11) is 5.49. The number of hydrogen-bond acceptors (Lipinski definition) is 5. The van der Waals surface area contributed by atoms with E-state index in [1.807, 2.05) is 30.5 Å². The van der Waals surface area contributed by atoms with Crippen LogP contribution in [-0.2, 0) is 4.74 Å². The maximum Gasteiger partial charge on any atom is 0.133 e. The molecule has 2 rings (SSSR count). The van der Waals surface area contributed by atoms with Crippen molar-refractivity contribution in [3.05, 3.63) is 30.5 Å². The van der Waals surface area contributed by atoms with Gasteiger partial charge in [-0.2, -0.15) is 0 Å². The van der Waals surface area contributed by atoms with E-state index in [-0.39, 0.29) is 0 Å².